The molecule has 0 saturated heterocycles. The lowest BCUT2D eigenvalue weighted by Crippen LogP contribution is -2.59. The topological polar surface area (TPSA) is 45.1 Å². The lowest BCUT2D eigenvalue weighted by Gasteiger charge is -2.52. The SMILES string of the molecule is OC1(C2(C(F)(F)F)CCC2)CNc2ncccc21. The van der Waals surface area contributed by atoms with Crippen molar-refractivity contribution in [2.75, 3.05) is 11.9 Å². The molecule has 1 atom stereocenters. The first kappa shape index (κ1) is 11.8. The Morgan fingerprint density at radius 2 is 2.06 bits per heavy atom. The van der Waals surface area contributed by atoms with E-state index in [-0.39, 0.29) is 24.9 Å². The number of β-amino-alcohol motifs (C(OH)–C–C–N with tert-alkyl or cyclic N) is 1. The Kier molecular flexibility index (Phi) is 2.21. The lowest BCUT2D eigenvalue weighted by atomic mass is 9.56. The van der Waals surface area contributed by atoms with Crippen molar-refractivity contribution in [1.82, 2.24) is 4.98 Å². The standard InChI is InChI=1S/C12H13F3N2O/c13-12(14,15)10(4-2-5-10)11(18)7-17-9-8(11)3-1-6-16-9/h1,3,6,18H,2,4-5,7H2,(H,16,17). The second-order valence-electron chi connectivity index (χ2n) is 5.05. The maximum absolute atomic E-state index is 13.3. The summed E-state index contributed by atoms with van der Waals surface area (Å²) in [6.45, 7) is -0.126. The fourth-order valence-corrected chi connectivity index (χ4v) is 3.08. The molecule has 3 rings (SSSR count). The minimum absolute atomic E-state index is 0.0248. The van der Waals surface area contributed by atoms with Gasteiger partial charge in [-0.2, -0.15) is 13.2 Å². The van der Waals surface area contributed by atoms with Gasteiger partial charge in [-0.25, -0.2) is 4.98 Å². The normalized spacial score (nSPS) is 29.3. The number of rotatable bonds is 1. The zero-order chi connectivity index (χ0) is 13.0. The second-order valence-corrected chi connectivity index (χ2v) is 5.05. The Balaban J connectivity index is 2.12. The summed E-state index contributed by atoms with van der Waals surface area (Å²) < 4.78 is 40.0. The van der Waals surface area contributed by atoms with Crippen molar-refractivity contribution >= 4 is 5.82 Å². The van der Waals surface area contributed by atoms with E-state index in [0.717, 1.165) is 0 Å². The van der Waals surface area contributed by atoms with E-state index >= 15 is 0 Å². The Hall–Kier alpha value is -1.30. The van der Waals surface area contributed by atoms with E-state index in [9.17, 15) is 18.3 Å². The monoisotopic (exact) mass is 258 g/mol. The van der Waals surface area contributed by atoms with Gasteiger partial charge in [0.2, 0.25) is 0 Å². The van der Waals surface area contributed by atoms with Gasteiger partial charge in [-0.15, -0.1) is 0 Å². The van der Waals surface area contributed by atoms with Crippen LogP contribution in [0.5, 0.6) is 0 Å². The summed E-state index contributed by atoms with van der Waals surface area (Å²) in [6.07, 6.45) is -2.46. The predicted molar refractivity (Wildman–Crippen MR) is 59.0 cm³/mol. The van der Waals surface area contributed by atoms with Gasteiger partial charge in [0.1, 0.15) is 16.8 Å². The van der Waals surface area contributed by atoms with Crippen molar-refractivity contribution in [3.63, 3.8) is 0 Å². The van der Waals surface area contributed by atoms with Gasteiger partial charge in [0.05, 0.1) is 6.54 Å². The smallest absolute Gasteiger partial charge is 0.382 e. The summed E-state index contributed by atoms with van der Waals surface area (Å²) in [5, 5.41) is 13.4. The lowest BCUT2D eigenvalue weighted by molar-refractivity contribution is -0.312. The molecule has 1 aromatic rings. The molecule has 1 aromatic heterocycles. The summed E-state index contributed by atoms with van der Waals surface area (Å²) >= 11 is 0. The molecule has 18 heavy (non-hydrogen) atoms. The third-order valence-corrected chi connectivity index (χ3v) is 4.31. The Bertz CT molecular complexity index is 484. The molecule has 1 saturated carbocycles. The van der Waals surface area contributed by atoms with E-state index in [4.69, 9.17) is 0 Å². The fourth-order valence-electron chi connectivity index (χ4n) is 3.08. The molecule has 2 heterocycles. The van der Waals surface area contributed by atoms with Crippen LogP contribution in [0.1, 0.15) is 24.8 Å². The predicted octanol–water partition coefficient (Wildman–Crippen LogP) is 2.43. The minimum atomic E-state index is -4.40. The number of fused-ring (bicyclic) bond motifs is 1. The van der Waals surface area contributed by atoms with E-state index < -0.39 is 17.2 Å². The van der Waals surface area contributed by atoms with Crippen LogP contribution in [0.3, 0.4) is 0 Å². The molecule has 1 unspecified atom stereocenters. The highest BCUT2D eigenvalue weighted by molar-refractivity contribution is 5.55. The highest BCUT2D eigenvalue weighted by Gasteiger charge is 2.70. The second kappa shape index (κ2) is 3.38. The minimum Gasteiger partial charge on any atom is -0.382 e. The number of aliphatic hydroxyl groups is 1. The van der Waals surface area contributed by atoms with E-state index in [1.165, 1.54) is 12.3 Å². The van der Waals surface area contributed by atoms with Crippen molar-refractivity contribution in [1.29, 1.82) is 0 Å². The molecule has 2 aliphatic rings. The van der Waals surface area contributed by atoms with Crippen LogP contribution in [0.25, 0.3) is 0 Å². The summed E-state index contributed by atoms with van der Waals surface area (Å²) in [5.74, 6) is 0.357. The number of hydrogen-bond donors (Lipinski definition) is 2. The molecule has 1 aliphatic heterocycles. The number of nitrogens with zero attached hydrogens (tertiary/aromatic N) is 1. The molecule has 0 spiro atoms. The first-order chi connectivity index (χ1) is 8.41. The zero-order valence-corrected chi connectivity index (χ0v) is 9.59. The maximum Gasteiger partial charge on any atom is 0.397 e. The summed E-state index contributed by atoms with van der Waals surface area (Å²) in [5.41, 5.74) is -3.66. The van der Waals surface area contributed by atoms with Crippen LogP contribution in [-0.2, 0) is 5.60 Å². The molecular formula is C12H13F3N2O. The first-order valence-electron chi connectivity index (χ1n) is 5.89. The van der Waals surface area contributed by atoms with Crippen LogP contribution < -0.4 is 5.32 Å². The van der Waals surface area contributed by atoms with Crippen LogP contribution >= 0.6 is 0 Å². The number of nitrogens with one attached hydrogen (secondary N) is 1. The van der Waals surface area contributed by atoms with Crippen molar-refractivity contribution in [3.8, 4) is 0 Å². The molecule has 0 radical (unpaired) electrons. The van der Waals surface area contributed by atoms with Gasteiger partial charge < -0.3 is 10.4 Å². The van der Waals surface area contributed by atoms with Crippen LogP contribution in [0.4, 0.5) is 19.0 Å². The molecular weight excluding hydrogens is 245 g/mol. The highest BCUT2D eigenvalue weighted by atomic mass is 19.4. The third-order valence-electron chi connectivity index (χ3n) is 4.31. The Labute approximate surface area is 102 Å². The van der Waals surface area contributed by atoms with Crippen molar-refractivity contribution in [2.24, 2.45) is 5.41 Å². The van der Waals surface area contributed by atoms with Gasteiger partial charge >= 0.3 is 6.18 Å². The van der Waals surface area contributed by atoms with Crippen molar-refractivity contribution in [3.05, 3.63) is 23.9 Å². The number of hydrogen-bond acceptors (Lipinski definition) is 3. The summed E-state index contributed by atoms with van der Waals surface area (Å²) in [6, 6.07) is 3.08. The van der Waals surface area contributed by atoms with Gasteiger partial charge in [0.15, 0.2) is 0 Å². The fraction of sp³-hybridized carbons (Fsp3) is 0.583. The molecule has 1 aliphatic carbocycles. The van der Waals surface area contributed by atoms with Crippen molar-refractivity contribution in [2.45, 2.75) is 31.0 Å². The van der Waals surface area contributed by atoms with E-state index in [1.54, 1.807) is 6.07 Å². The molecule has 0 bridgehead atoms. The number of anilines is 1. The van der Waals surface area contributed by atoms with Gasteiger partial charge in [-0.1, -0.05) is 12.5 Å². The number of alkyl halides is 3. The Morgan fingerprint density at radius 3 is 2.61 bits per heavy atom. The van der Waals surface area contributed by atoms with Crippen LogP contribution in [0.15, 0.2) is 18.3 Å². The Morgan fingerprint density at radius 1 is 1.33 bits per heavy atom. The van der Waals surface area contributed by atoms with Gasteiger partial charge in [0, 0.05) is 11.8 Å². The molecule has 0 amide bonds. The van der Waals surface area contributed by atoms with E-state index in [0.29, 0.717) is 12.2 Å². The van der Waals surface area contributed by atoms with E-state index in [2.05, 4.69) is 10.3 Å². The molecule has 2 N–H and O–H groups in total. The van der Waals surface area contributed by atoms with Crippen LogP contribution in [-0.4, -0.2) is 22.8 Å². The number of pyridine rings is 1. The largest absolute Gasteiger partial charge is 0.397 e. The molecule has 1 fully saturated rings. The summed E-state index contributed by atoms with van der Waals surface area (Å²) in [7, 11) is 0. The quantitative estimate of drug-likeness (QED) is 0.813. The van der Waals surface area contributed by atoms with E-state index in [1.807, 2.05) is 0 Å². The number of aromatic nitrogens is 1. The molecule has 98 valence electrons. The first-order valence-corrected chi connectivity index (χ1v) is 5.89. The van der Waals surface area contributed by atoms with Crippen molar-refractivity contribution < 1.29 is 18.3 Å². The molecule has 0 aromatic carbocycles. The number of halogens is 3. The van der Waals surface area contributed by atoms with Crippen LogP contribution in [0.2, 0.25) is 0 Å². The average Bonchev–Trinajstić information content (AvgIpc) is 2.54. The molecule has 3 nitrogen and oxygen atoms in total. The zero-order valence-electron chi connectivity index (χ0n) is 9.59. The van der Waals surface area contributed by atoms with Gasteiger partial charge in [-0.3, -0.25) is 0 Å². The maximum atomic E-state index is 13.3. The average molecular weight is 258 g/mol. The van der Waals surface area contributed by atoms with Gasteiger partial charge in [-0.05, 0) is 18.9 Å². The highest BCUT2D eigenvalue weighted by Crippen LogP contribution is 2.64. The summed E-state index contributed by atoms with van der Waals surface area (Å²) in [4.78, 5) is 3.97. The third kappa shape index (κ3) is 1.21. The van der Waals surface area contributed by atoms with Crippen LogP contribution in [0, 0.1) is 5.41 Å². The molecule has 6 heteroatoms. The van der Waals surface area contributed by atoms with Gasteiger partial charge in [0.25, 0.3) is 0 Å².